The number of nitrogens with one attached hydrogen (secondary N) is 2. The van der Waals surface area contributed by atoms with Crippen LogP contribution < -0.4 is 14.9 Å². The summed E-state index contributed by atoms with van der Waals surface area (Å²) in [5.74, 6) is 1.96. The van der Waals surface area contributed by atoms with Crippen LogP contribution in [0.3, 0.4) is 0 Å². The highest BCUT2D eigenvalue weighted by Crippen LogP contribution is 2.34. The molecule has 0 saturated heterocycles. The number of aromatic amines is 1. The van der Waals surface area contributed by atoms with Crippen molar-refractivity contribution in [3.8, 4) is 11.5 Å². The Morgan fingerprint density at radius 3 is 2.70 bits per heavy atom. The lowest BCUT2D eigenvalue weighted by Gasteiger charge is -2.15. The number of rotatable bonds is 5. The molecular formula is C12H15ClN4O2S. The van der Waals surface area contributed by atoms with Gasteiger partial charge in [-0.2, -0.15) is 5.10 Å². The first-order valence-corrected chi connectivity index (χ1v) is 6.63. The van der Waals surface area contributed by atoms with Gasteiger partial charge in [-0.1, -0.05) is 11.6 Å². The minimum absolute atomic E-state index is 0.467. The smallest absolute Gasteiger partial charge is 0.214 e. The Kier molecular flexibility index (Phi) is 4.51. The molecule has 0 amide bonds. The number of halogens is 1. The molecule has 8 heteroatoms. The van der Waals surface area contributed by atoms with Gasteiger partial charge in [0.2, 0.25) is 4.77 Å². The fourth-order valence-electron chi connectivity index (χ4n) is 1.86. The Hall–Kier alpha value is -1.73. The summed E-state index contributed by atoms with van der Waals surface area (Å²) in [7, 11) is 3.16. The van der Waals surface area contributed by atoms with Crippen molar-refractivity contribution in [1.82, 2.24) is 14.9 Å². The van der Waals surface area contributed by atoms with Gasteiger partial charge in [0.15, 0.2) is 11.5 Å². The van der Waals surface area contributed by atoms with Crippen LogP contribution in [0.5, 0.6) is 11.5 Å². The Labute approximate surface area is 126 Å². The van der Waals surface area contributed by atoms with Crippen molar-refractivity contribution in [2.45, 2.75) is 13.5 Å². The van der Waals surface area contributed by atoms with E-state index in [0.29, 0.717) is 27.8 Å². The normalized spacial score (nSPS) is 10.4. The van der Waals surface area contributed by atoms with E-state index < -0.39 is 0 Å². The van der Waals surface area contributed by atoms with Gasteiger partial charge >= 0.3 is 0 Å². The molecule has 20 heavy (non-hydrogen) atoms. The van der Waals surface area contributed by atoms with Crippen LogP contribution in [0.2, 0.25) is 5.02 Å². The highest BCUT2D eigenvalue weighted by molar-refractivity contribution is 7.71. The lowest BCUT2D eigenvalue weighted by atomic mass is 10.2. The number of hydrogen-bond donors (Lipinski definition) is 2. The van der Waals surface area contributed by atoms with Gasteiger partial charge in [-0.15, -0.1) is 0 Å². The number of H-pyrrole nitrogens is 1. The molecule has 0 saturated carbocycles. The van der Waals surface area contributed by atoms with Crippen LogP contribution in [-0.2, 0) is 6.54 Å². The predicted octanol–water partition coefficient (Wildman–Crippen LogP) is 2.66. The van der Waals surface area contributed by atoms with Crippen LogP contribution >= 0.6 is 23.8 Å². The molecule has 2 rings (SSSR count). The number of aromatic nitrogens is 3. The molecule has 1 aromatic heterocycles. The first-order chi connectivity index (χ1) is 9.56. The maximum absolute atomic E-state index is 6.07. The topological polar surface area (TPSA) is 64.1 Å². The second kappa shape index (κ2) is 6.15. The van der Waals surface area contributed by atoms with Crippen molar-refractivity contribution in [3.63, 3.8) is 0 Å². The van der Waals surface area contributed by atoms with Crippen LogP contribution in [-0.4, -0.2) is 29.1 Å². The lowest BCUT2D eigenvalue weighted by Crippen LogP contribution is -2.16. The molecule has 0 spiro atoms. The third kappa shape index (κ3) is 2.88. The molecule has 108 valence electrons. The van der Waals surface area contributed by atoms with E-state index in [1.807, 2.05) is 13.0 Å². The summed E-state index contributed by atoms with van der Waals surface area (Å²) in [6.07, 6.45) is 0. The minimum Gasteiger partial charge on any atom is -0.493 e. The fourth-order valence-corrected chi connectivity index (χ4v) is 2.34. The molecule has 1 aromatic carbocycles. The van der Waals surface area contributed by atoms with Crippen LogP contribution in [0.15, 0.2) is 12.1 Å². The van der Waals surface area contributed by atoms with Gasteiger partial charge in [0, 0.05) is 16.7 Å². The summed E-state index contributed by atoms with van der Waals surface area (Å²) in [6, 6.07) is 3.52. The van der Waals surface area contributed by atoms with Crippen LogP contribution in [0.4, 0.5) is 0 Å². The molecule has 0 aliphatic carbocycles. The van der Waals surface area contributed by atoms with E-state index >= 15 is 0 Å². The fraction of sp³-hybridized carbons (Fsp3) is 0.333. The second-order valence-electron chi connectivity index (χ2n) is 4.05. The summed E-state index contributed by atoms with van der Waals surface area (Å²) in [6.45, 7) is 2.31. The largest absolute Gasteiger partial charge is 0.493 e. The standard InChI is InChI=1S/C12H15ClN4O2S/c1-7-15-16-12(20)17(7)14-6-8-4-9(13)5-10(18-2)11(8)19-3/h4-5,14H,6H2,1-3H3,(H,16,20). The Morgan fingerprint density at radius 1 is 1.40 bits per heavy atom. The van der Waals surface area contributed by atoms with E-state index in [9.17, 15) is 0 Å². The van der Waals surface area contributed by atoms with Crippen molar-refractivity contribution < 1.29 is 9.47 Å². The number of benzene rings is 1. The minimum atomic E-state index is 0.467. The first-order valence-electron chi connectivity index (χ1n) is 5.85. The van der Waals surface area contributed by atoms with Gasteiger partial charge < -0.3 is 14.9 Å². The molecule has 2 aromatic rings. The van der Waals surface area contributed by atoms with E-state index in [4.69, 9.17) is 33.3 Å². The van der Waals surface area contributed by atoms with Gasteiger partial charge in [0.25, 0.3) is 0 Å². The zero-order chi connectivity index (χ0) is 14.7. The predicted molar refractivity (Wildman–Crippen MR) is 79.8 cm³/mol. The van der Waals surface area contributed by atoms with Crippen LogP contribution in [0.1, 0.15) is 11.4 Å². The summed E-state index contributed by atoms with van der Waals surface area (Å²) in [4.78, 5) is 0. The van der Waals surface area contributed by atoms with Crippen molar-refractivity contribution in [1.29, 1.82) is 0 Å². The SMILES string of the molecule is COc1cc(Cl)cc(CNn2c(C)n[nH]c2=S)c1OC. The molecule has 0 bridgehead atoms. The summed E-state index contributed by atoms with van der Waals surface area (Å²) < 4.78 is 12.8. The number of methoxy groups -OCH3 is 2. The van der Waals surface area contributed by atoms with Gasteiger partial charge in [-0.05, 0) is 25.2 Å². The molecule has 0 atom stereocenters. The van der Waals surface area contributed by atoms with E-state index in [1.54, 1.807) is 25.0 Å². The number of hydrogen-bond acceptors (Lipinski definition) is 5. The lowest BCUT2D eigenvalue weighted by molar-refractivity contribution is 0.352. The van der Waals surface area contributed by atoms with E-state index in [-0.39, 0.29) is 0 Å². The Morgan fingerprint density at radius 2 is 2.15 bits per heavy atom. The molecular weight excluding hydrogens is 300 g/mol. The third-order valence-electron chi connectivity index (χ3n) is 2.79. The maximum Gasteiger partial charge on any atom is 0.214 e. The van der Waals surface area contributed by atoms with E-state index in [1.165, 1.54) is 0 Å². The molecule has 0 aliphatic heterocycles. The van der Waals surface area contributed by atoms with Gasteiger partial charge in [-0.3, -0.25) is 5.10 Å². The molecule has 0 aliphatic rings. The van der Waals surface area contributed by atoms with Crippen molar-refractivity contribution in [2.75, 3.05) is 19.6 Å². The number of ether oxygens (including phenoxy) is 2. The number of aryl methyl sites for hydroxylation is 1. The Bertz CT molecular complexity index is 668. The zero-order valence-electron chi connectivity index (χ0n) is 11.4. The molecule has 1 heterocycles. The molecule has 6 nitrogen and oxygen atoms in total. The van der Waals surface area contributed by atoms with Crippen molar-refractivity contribution in [2.24, 2.45) is 0 Å². The van der Waals surface area contributed by atoms with E-state index in [0.717, 1.165) is 11.4 Å². The third-order valence-corrected chi connectivity index (χ3v) is 3.28. The van der Waals surface area contributed by atoms with Crippen LogP contribution in [0, 0.1) is 11.7 Å². The molecule has 0 radical (unpaired) electrons. The van der Waals surface area contributed by atoms with Gasteiger partial charge in [0.1, 0.15) is 5.82 Å². The first kappa shape index (κ1) is 14.7. The quantitative estimate of drug-likeness (QED) is 0.831. The van der Waals surface area contributed by atoms with E-state index in [2.05, 4.69) is 15.6 Å². The zero-order valence-corrected chi connectivity index (χ0v) is 12.9. The highest BCUT2D eigenvalue weighted by Gasteiger charge is 2.12. The monoisotopic (exact) mass is 314 g/mol. The summed E-state index contributed by atoms with van der Waals surface area (Å²) >= 11 is 11.2. The van der Waals surface area contributed by atoms with Gasteiger partial charge in [0.05, 0.1) is 20.8 Å². The Balaban J connectivity index is 2.29. The van der Waals surface area contributed by atoms with Crippen LogP contribution in [0.25, 0.3) is 0 Å². The highest BCUT2D eigenvalue weighted by atomic mass is 35.5. The average molecular weight is 315 g/mol. The molecule has 0 unspecified atom stereocenters. The average Bonchev–Trinajstić information content (AvgIpc) is 2.75. The number of nitrogens with zero attached hydrogens (tertiary/aromatic N) is 2. The molecule has 2 N–H and O–H groups in total. The second-order valence-corrected chi connectivity index (χ2v) is 4.87. The maximum atomic E-state index is 6.07. The summed E-state index contributed by atoms with van der Waals surface area (Å²) in [5.41, 5.74) is 4.02. The van der Waals surface area contributed by atoms with Gasteiger partial charge in [-0.25, -0.2) is 4.68 Å². The molecule has 0 fully saturated rings. The summed E-state index contributed by atoms with van der Waals surface area (Å²) in [5, 5.41) is 7.31. The van der Waals surface area contributed by atoms with Crippen molar-refractivity contribution in [3.05, 3.63) is 33.3 Å². The van der Waals surface area contributed by atoms with Crippen molar-refractivity contribution >= 4 is 23.8 Å².